The molecular formula is C9H6ClNOS. The molecule has 0 aliphatic carbocycles. The smallest absolute Gasteiger partial charge is 0.265 e. The third-order valence-corrected chi connectivity index (χ3v) is 2.75. The fourth-order valence-corrected chi connectivity index (χ4v) is 1.87. The topological polar surface area (TPSA) is 22.0 Å². The van der Waals surface area contributed by atoms with Crippen molar-refractivity contribution in [2.45, 2.75) is 0 Å². The standard InChI is InChI=1S/C9H6ClNOS/c10-7-1-3-8(4-2-7)11-9(12)5-6-13-11/h1-6H. The molecule has 2 rings (SSSR count). The second kappa shape index (κ2) is 3.36. The Morgan fingerprint density at radius 1 is 1.15 bits per heavy atom. The van der Waals surface area contributed by atoms with E-state index in [1.807, 2.05) is 12.1 Å². The van der Waals surface area contributed by atoms with Crippen molar-refractivity contribution in [1.82, 2.24) is 3.96 Å². The molecule has 0 spiro atoms. The predicted molar refractivity (Wildman–Crippen MR) is 54.9 cm³/mol. The summed E-state index contributed by atoms with van der Waals surface area (Å²) in [6.45, 7) is 0. The summed E-state index contributed by atoms with van der Waals surface area (Å²) in [5.74, 6) is 0. The fourth-order valence-electron chi connectivity index (χ4n) is 1.03. The van der Waals surface area contributed by atoms with Gasteiger partial charge in [-0.05, 0) is 24.3 Å². The van der Waals surface area contributed by atoms with Crippen LogP contribution in [0.2, 0.25) is 5.02 Å². The molecular weight excluding hydrogens is 206 g/mol. The molecule has 0 fully saturated rings. The Kier molecular flexibility index (Phi) is 2.20. The molecule has 2 nitrogen and oxygen atoms in total. The van der Waals surface area contributed by atoms with Crippen LogP contribution >= 0.6 is 23.1 Å². The highest BCUT2D eigenvalue weighted by molar-refractivity contribution is 7.04. The van der Waals surface area contributed by atoms with Crippen LogP contribution in [0.3, 0.4) is 0 Å². The summed E-state index contributed by atoms with van der Waals surface area (Å²) in [5, 5.41) is 2.44. The maximum absolute atomic E-state index is 11.2. The molecule has 0 atom stereocenters. The van der Waals surface area contributed by atoms with Gasteiger partial charge < -0.3 is 0 Å². The van der Waals surface area contributed by atoms with Crippen molar-refractivity contribution in [3.05, 3.63) is 51.1 Å². The first kappa shape index (κ1) is 8.53. The summed E-state index contributed by atoms with van der Waals surface area (Å²) in [5.41, 5.74) is 0.844. The van der Waals surface area contributed by atoms with Gasteiger partial charge in [-0.2, -0.15) is 0 Å². The molecule has 0 aliphatic heterocycles. The number of hydrogen-bond acceptors (Lipinski definition) is 2. The van der Waals surface area contributed by atoms with E-state index in [-0.39, 0.29) is 5.56 Å². The van der Waals surface area contributed by atoms with E-state index in [0.717, 1.165) is 5.69 Å². The molecule has 4 heteroatoms. The minimum atomic E-state index is -0.00711. The molecule has 0 bridgehead atoms. The largest absolute Gasteiger partial charge is 0.268 e. The number of aromatic nitrogens is 1. The molecule has 66 valence electrons. The number of rotatable bonds is 1. The van der Waals surface area contributed by atoms with E-state index < -0.39 is 0 Å². The zero-order valence-electron chi connectivity index (χ0n) is 6.61. The van der Waals surface area contributed by atoms with Crippen LogP contribution in [0.15, 0.2) is 40.5 Å². The van der Waals surface area contributed by atoms with Gasteiger partial charge >= 0.3 is 0 Å². The third-order valence-electron chi connectivity index (χ3n) is 1.64. The first-order chi connectivity index (χ1) is 6.27. The summed E-state index contributed by atoms with van der Waals surface area (Å²) < 4.78 is 1.61. The van der Waals surface area contributed by atoms with Crippen LogP contribution in [0.4, 0.5) is 0 Å². The van der Waals surface area contributed by atoms with Gasteiger partial charge in [-0.1, -0.05) is 23.1 Å². The fraction of sp³-hybridized carbons (Fsp3) is 0. The van der Waals surface area contributed by atoms with Gasteiger partial charge in [0, 0.05) is 16.5 Å². The third kappa shape index (κ3) is 1.66. The highest BCUT2D eigenvalue weighted by Crippen LogP contribution is 2.13. The average Bonchev–Trinajstić information content (AvgIpc) is 2.53. The lowest BCUT2D eigenvalue weighted by Gasteiger charge is -1.98. The first-order valence-electron chi connectivity index (χ1n) is 3.70. The van der Waals surface area contributed by atoms with Crippen LogP contribution in [0, 0.1) is 0 Å². The Labute approximate surface area is 84.2 Å². The second-order valence-corrected chi connectivity index (χ2v) is 3.80. The van der Waals surface area contributed by atoms with Crippen molar-refractivity contribution in [2.24, 2.45) is 0 Å². The van der Waals surface area contributed by atoms with Gasteiger partial charge in [-0.3, -0.25) is 4.79 Å². The molecule has 1 aromatic carbocycles. The van der Waals surface area contributed by atoms with Crippen molar-refractivity contribution in [1.29, 1.82) is 0 Å². The number of halogens is 1. The maximum atomic E-state index is 11.2. The van der Waals surface area contributed by atoms with Crippen molar-refractivity contribution in [3.63, 3.8) is 0 Å². The first-order valence-corrected chi connectivity index (χ1v) is 4.92. The molecule has 1 heterocycles. The molecule has 0 radical (unpaired) electrons. The van der Waals surface area contributed by atoms with Gasteiger partial charge in [0.05, 0.1) is 5.69 Å². The summed E-state index contributed by atoms with van der Waals surface area (Å²) in [4.78, 5) is 11.2. The molecule has 0 amide bonds. The molecule has 13 heavy (non-hydrogen) atoms. The number of nitrogens with zero attached hydrogens (tertiary/aromatic N) is 1. The van der Waals surface area contributed by atoms with Gasteiger partial charge in [-0.15, -0.1) is 0 Å². The van der Waals surface area contributed by atoms with E-state index in [1.165, 1.54) is 11.5 Å². The lowest BCUT2D eigenvalue weighted by atomic mass is 10.3. The summed E-state index contributed by atoms with van der Waals surface area (Å²) >= 11 is 7.10. The quantitative estimate of drug-likeness (QED) is 0.711. The van der Waals surface area contributed by atoms with Crippen LogP contribution < -0.4 is 5.56 Å². The highest BCUT2D eigenvalue weighted by atomic mass is 35.5. The van der Waals surface area contributed by atoms with Crippen molar-refractivity contribution in [3.8, 4) is 5.69 Å². The zero-order valence-corrected chi connectivity index (χ0v) is 8.18. The highest BCUT2D eigenvalue weighted by Gasteiger charge is 1.99. The molecule has 0 aliphatic rings. The minimum absolute atomic E-state index is 0.00711. The van der Waals surface area contributed by atoms with E-state index in [4.69, 9.17) is 11.6 Å². The van der Waals surface area contributed by atoms with Gasteiger partial charge in [0.2, 0.25) is 0 Å². The van der Waals surface area contributed by atoms with Crippen LogP contribution in [-0.2, 0) is 0 Å². The lowest BCUT2D eigenvalue weighted by molar-refractivity contribution is 1.13. The van der Waals surface area contributed by atoms with Gasteiger partial charge in [0.1, 0.15) is 0 Å². The summed E-state index contributed by atoms with van der Waals surface area (Å²) in [6, 6.07) is 8.71. The van der Waals surface area contributed by atoms with Gasteiger partial charge in [0.15, 0.2) is 0 Å². The van der Waals surface area contributed by atoms with Crippen molar-refractivity contribution in [2.75, 3.05) is 0 Å². The van der Waals surface area contributed by atoms with Crippen LogP contribution in [0.1, 0.15) is 0 Å². The Balaban J connectivity index is 2.54. The zero-order chi connectivity index (χ0) is 9.26. The summed E-state index contributed by atoms with van der Waals surface area (Å²) in [7, 11) is 0. The van der Waals surface area contributed by atoms with E-state index >= 15 is 0 Å². The Morgan fingerprint density at radius 2 is 1.85 bits per heavy atom. The summed E-state index contributed by atoms with van der Waals surface area (Å²) in [6.07, 6.45) is 0. The average molecular weight is 212 g/mol. The van der Waals surface area contributed by atoms with Gasteiger partial charge in [-0.25, -0.2) is 3.96 Å². The monoisotopic (exact) mass is 211 g/mol. The Hall–Kier alpha value is -1.06. The van der Waals surface area contributed by atoms with Crippen molar-refractivity contribution >= 4 is 23.1 Å². The normalized spacial score (nSPS) is 10.2. The predicted octanol–water partition coefficient (Wildman–Crippen LogP) is 2.55. The molecule has 2 aromatic rings. The van der Waals surface area contributed by atoms with E-state index in [9.17, 15) is 4.79 Å². The molecule has 0 unspecified atom stereocenters. The van der Waals surface area contributed by atoms with Crippen LogP contribution in [-0.4, -0.2) is 3.96 Å². The number of hydrogen-bond donors (Lipinski definition) is 0. The molecule has 0 saturated heterocycles. The van der Waals surface area contributed by atoms with E-state index in [2.05, 4.69) is 0 Å². The van der Waals surface area contributed by atoms with Gasteiger partial charge in [0.25, 0.3) is 5.56 Å². The molecule has 0 saturated carbocycles. The molecule has 0 N–H and O–H groups in total. The lowest BCUT2D eigenvalue weighted by Crippen LogP contribution is -2.08. The Bertz CT molecular complexity index is 457. The number of benzene rings is 1. The minimum Gasteiger partial charge on any atom is -0.268 e. The van der Waals surface area contributed by atoms with Crippen LogP contribution in [0.25, 0.3) is 5.69 Å². The second-order valence-electron chi connectivity index (χ2n) is 2.52. The molecule has 1 aromatic heterocycles. The van der Waals surface area contributed by atoms with E-state index in [0.29, 0.717) is 5.02 Å². The Morgan fingerprint density at radius 3 is 2.38 bits per heavy atom. The maximum Gasteiger partial charge on any atom is 0.265 e. The van der Waals surface area contributed by atoms with Crippen LogP contribution in [0.5, 0.6) is 0 Å². The van der Waals surface area contributed by atoms with E-state index in [1.54, 1.807) is 27.5 Å². The van der Waals surface area contributed by atoms with Crippen molar-refractivity contribution < 1.29 is 0 Å². The SMILES string of the molecule is O=c1ccsn1-c1ccc(Cl)cc1.